The molecule has 22 heavy (non-hydrogen) atoms. The highest BCUT2D eigenvalue weighted by molar-refractivity contribution is 9.10. The normalized spacial score (nSPS) is 10.6. The van der Waals surface area contributed by atoms with Crippen LogP contribution >= 0.6 is 15.9 Å². The molecule has 1 N–H and O–H groups in total. The summed E-state index contributed by atoms with van der Waals surface area (Å²) in [6, 6.07) is 12.5. The minimum atomic E-state index is -0.393. The number of nitrogens with zero attached hydrogens (tertiary/aromatic N) is 2. The van der Waals surface area contributed by atoms with Gasteiger partial charge in [0.15, 0.2) is 0 Å². The zero-order chi connectivity index (χ0) is 15.7. The van der Waals surface area contributed by atoms with Crippen LogP contribution < -0.4 is 5.32 Å². The van der Waals surface area contributed by atoms with Gasteiger partial charge in [-0.3, -0.25) is 15.1 Å². The van der Waals surface area contributed by atoms with Gasteiger partial charge in [0.25, 0.3) is 5.69 Å². The third kappa shape index (κ3) is 2.78. The van der Waals surface area contributed by atoms with E-state index < -0.39 is 4.92 Å². The van der Waals surface area contributed by atoms with Gasteiger partial charge in [-0.05, 0) is 42.8 Å². The number of anilines is 2. The molecule has 5 nitrogen and oxygen atoms in total. The smallest absolute Gasteiger partial charge is 0.269 e. The quantitative estimate of drug-likeness (QED) is 0.531. The second kappa shape index (κ2) is 5.73. The SMILES string of the molecule is Cc1cc([N+](=O)[O-])ccc1Nc1ccnc2cc(Br)ccc12. The number of halogens is 1. The molecule has 1 heterocycles. The summed E-state index contributed by atoms with van der Waals surface area (Å²) in [4.78, 5) is 14.8. The third-order valence-electron chi connectivity index (χ3n) is 3.39. The highest BCUT2D eigenvalue weighted by atomic mass is 79.9. The van der Waals surface area contributed by atoms with E-state index in [-0.39, 0.29) is 5.69 Å². The van der Waals surface area contributed by atoms with E-state index in [9.17, 15) is 10.1 Å². The highest BCUT2D eigenvalue weighted by Crippen LogP contribution is 2.29. The predicted octanol–water partition coefficient (Wildman–Crippen LogP) is 4.96. The van der Waals surface area contributed by atoms with Crippen LogP contribution in [0.4, 0.5) is 17.1 Å². The summed E-state index contributed by atoms with van der Waals surface area (Å²) < 4.78 is 0.969. The van der Waals surface area contributed by atoms with Crippen LogP contribution in [0.1, 0.15) is 5.56 Å². The lowest BCUT2D eigenvalue weighted by Crippen LogP contribution is -1.96. The molecular formula is C16H12BrN3O2. The van der Waals surface area contributed by atoms with Crippen molar-refractivity contribution in [1.82, 2.24) is 4.98 Å². The molecule has 6 heteroatoms. The number of rotatable bonds is 3. The van der Waals surface area contributed by atoms with Gasteiger partial charge in [0.1, 0.15) is 0 Å². The average molecular weight is 358 g/mol. The van der Waals surface area contributed by atoms with Crippen molar-refractivity contribution in [1.29, 1.82) is 0 Å². The third-order valence-corrected chi connectivity index (χ3v) is 3.89. The number of hydrogen-bond donors (Lipinski definition) is 1. The standard InChI is InChI=1S/C16H12BrN3O2/c1-10-8-12(20(21)22)3-5-14(10)19-15-6-7-18-16-9-11(17)2-4-13(15)16/h2-9H,1H3,(H,18,19). The molecule has 0 atom stereocenters. The molecule has 110 valence electrons. The van der Waals surface area contributed by atoms with Crippen LogP contribution in [0.3, 0.4) is 0 Å². The second-order valence-corrected chi connectivity index (χ2v) is 5.82. The van der Waals surface area contributed by atoms with Gasteiger partial charge in [0, 0.05) is 39.6 Å². The number of non-ortho nitro benzene ring substituents is 1. The Bertz CT molecular complexity index is 880. The molecule has 0 bridgehead atoms. The Labute approximate surface area is 135 Å². The van der Waals surface area contributed by atoms with Gasteiger partial charge < -0.3 is 5.32 Å². The minimum absolute atomic E-state index is 0.0894. The Balaban J connectivity index is 2.02. The lowest BCUT2D eigenvalue weighted by Gasteiger charge is -2.11. The maximum Gasteiger partial charge on any atom is 0.269 e. The fraction of sp³-hybridized carbons (Fsp3) is 0.0625. The van der Waals surface area contributed by atoms with Crippen molar-refractivity contribution in [3.05, 3.63) is 68.8 Å². The molecule has 0 saturated heterocycles. The number of nitrogens with one attached hydrogen (secondary N) is 1. The fourth-order valence-corrected chi connectivity index (χ4v) is 2.63. The summed E-state index contributed by atoms with van der Waals surface area (Å²) in [6.45, 7) is 1.84. The van der Waals surface area contributed by atoms with Gasteiger partial charge >= 0.3 is 0 Å². The van der Waals surface area contributed by atoms with Gasteiger partial charge in [0.05, 0.1) is 10.4 Å². The van der Waals surface area contributed by atoms with E-state index in [0.717, 1.165) is 32.3 Å². The van der Waals surface area contributed by atoms with E-state index in [2.05, 4.69) is 26.2 Å². The van der Waals surface area contributed by atoms with Crippen LogP contribution in [0.2, 0.25) is 0 Å². The minimum Gasteiger partial charge on any atom is -0.355 e. The Morgan fingerprint density at radius 3 is 2.68 bits per heavy atom. The number of aromatic nitrogens is 1. The topological polar surface area (TPSA) is 68.1 Å². The summed E-state index contributed by atoms with van der Waals surface area (Å²) >= 11 is 3.43. The average Bonchev–Trinajstić information content (AvgIpc) is 2.49. The lowest BCUT2D eigenvalue weighted by molar-refractivity contribution is -0.384. The largest absolute Gasteiger partial charge is 0.355 e. The molecule has 3 rings (SSSR count). The zero-order valence-corrected chi connectivity index (χ0v) is 13.3. The number of fused-ring (bicyclic) bond motifs is 1. The van der Waals surface area contributed by atoms with Crippen molar-refractivity contribution < 1.29 is 4.92 Å². The van der Waals surface area contributed by atoms with E-state index in [4.69, 9.17) is 0 Å². The van der Waals surface area contributed by atoms with E-state index in [1.165, 1.54) is 6.07 Å². The van der Waals surface area contributed by atoms with Gasteiger partial charge in [-0.25, -0.2) is 0 Å². The number of pyridine rings is 1. The van der Waals surface area contributed by atoms with Crippen LogP contribution in [-0.2, 0) is 0 Å². The maximum absolute atomic E-state index is 10.8. The number of benzene rings is 2. The summed E-state index contributed by atoms with van der Waals surface area (Å²) in [5.41, 5.74) is 3.53. The van der Waals surface area contributed by atoms with Gasteiger partial charge in [-0.15, -0.1) is 0 Å². The van der Waals surface area contributed by atoms with Crippen LogP contribution in [0.5, 0.6) is 0 Å². The first kappa shape index (κ1) is 14.5. The summed E-state index contributed by atoms with van der Waals surface area (Å²) in [7, 11) is 0. The molecule has 0 unspecified atom stereocenters. The first-order valence-electron chi connectivity index (χ1n) is 6.61. The predicted molar refractivity (Wildman–Crippen MR) is 90.6 cm³/mol. The molecule has 0 saturated carbocycles. The molecule has 0 radical (unpaired) electrons. The van der Waals surface area contributed by atoms with Crippen LogP contribution in [0.15, 0.2) is 53.1 Å². The molecule has 0 amide bonds. The molecule has 0 aliphatic rings. The maximum atomic E-state index is 10.8. The van der Waals surface area contributed by atoms with E-state index in [1.54, 1.807) is 18.3 Å². The first-order valence-corrected chi connectivity index (χ1v) is 7.40. The highest BCUT2D eigenvalue weighted by Gasteiger charge is 2.09. The first-order chi connectivity index (χ1) is 10.5. The summed E-state index contributed by atoms with van der Waals surface area (Å²) in [5.74, 6) is 0. The van der Waals surface area contributed by atoms with E-state index in [1.807, 2.05) is 31.2 Å². The van der Waals surface area contributed by atoms with Crippen molar-refractivity contribution in [2.75, 3.05) is 5.32 Å². The van der Waals surface area contributed by atoms with Gasteiger partial charge in [0.2, 0.25) is 0 Å². The Morgan fingerprint density at radius 1 is 1.14 bits per heavy atom. The molecule has 0 fully saturated rings. The van der Waals surface area contributed by atoms with Crippen molar-refractivity contribution in [2.24, 2.45) is 0 Å². The number of nitro benzene ring substituents is 1. The fourth-order valence-electron chi connectivity index (χ4n) is 2.28. The van der Waals surface area contributed by atoms with Crippen molar-refractivity contribution in [3.8, 4) is 0 Å². The molecule has 0 aliphatic heterocycles. The zero-order valence-electron chi connectivity index (χ0n) is 11.7. The van der Waals surface area contributed by atoms with E-state index in [0.29, 0.717) is 0 Å². The monoisotopic (exact) mass is 357 g/mol. The Morgan fingerprint density at radius 2 is 1.95 bits per heavy atom. The Hall–Kier alpha value is -2.47. The van der Waals surface area contributed by atoms with E-state index >= 15 is 0 Å². The van der Waals surface area contributed by atoms with Crippen LogP contribution in [-0.4, -0.2) is 9.91 Å². The number of nitro groups is 1. The molecule has 2 aromatic carbocycles. The molecular weight excluding hydrogens is 346 g/mol. The summed E-state index contributed by atoms with van der Waals surface area (Å²) in [6.07, 6.45) is 1.73. The van der Waals surface area contributed by atoms with Gasteiger partial charge in [-0.2, -0.15) is 0 Å². The van der Waals surface area contributed by atoms with Crippen LogP contribution in [0.25, 0.3) is 10.9 Å². The van der Waals surface area contributed by atoms with Crippen molar-refractivity contribution in [3.63, 3.8) is 0 Å². The van der Waals surface area contributed by atoms with Gasteiger partial charge in [-0.1, -0.05) is 15.9 Å². The number of hydrogen-bond acceptors (Lipinski definition) is 4. The lowest BCUT2D eigenvalue weighted by atomic mass is 10.1. The molecule has 0 spiro atoms. The van der Waals surface area contributed by atoms with Crippen molar-refractivity contribution in [2.45, 2.75) is 6.92 Å². The second-order valence-electron chi connectivity index (χ2n) is 4.90. The molecule has 1 aromatic heterocycles. The molecule has 0 aliphatic carbocycles. The van der Waals surface area contributed by atoms with Crippen molar-refractivity contribution >= 4 is 43.9 Å². The van der Waals surface area contributed by atoms with Crippen LogP contribution in [0, 0.1) is 17.0 Å². The summed E-state index contributed by atoms with van der Waals surface area (Å²) in [5, 5.41) is 15.1. The molecule has 3 aromatic rings. The Kier molecular flexibility index (Phi) is 3.77. The number of aryl methyl sites for hydroxylation is 1.